The van der Waals surface area contributed by atoms with E-state index in [1.165, 1.54) is 0 Å². The molecule has 0 amide bonds. The fraction of sp³-hybridized carbons (Fsp3) is 0.364. The van der Waals surface area contributed by atoms with Crippen molar-refractivity contribution in [1.82, 2.24) is 4.72 Å². The van der Waals surface area contributed by atoms with Crippen LogP contribution >= 0.6 is 12.2 Å². The summed E-state index contributed by atoms with van der Waals surface area (Å²) in [6.07, 6.45) is 0.523. The van der Waals surface area contributed by atoms with E-state index < -0.39 is 10.0 Å². The molecule has 1 aromatic rings. The Kier molecular flexibility index (Phi) is 3.84. The highest BCUT2D eigenvalue weighted by atomic mass is 32.2. The molecular formula is C11H14N2O3S2. The largest absolute Gasteiger partial charge is 0.488 e. The van der Waals surface area contributed by atoms with Gasteiger partial charge in [-0.2, -0.15) is 0 Å². The number of nitrogens with two attached hydrogens (primary N) is 1. The van der Waals surface area contributed by atoms with Crippen LogP contribution in [0, 0.1) is 0 Å². The Labute approximate surface area is 111 Å². The molecule has 1 atom stereocenters. The minimum absolute atomic E-state index is 0.0434. The molecule has 0 radical (unpaired) electrons. The Bertz CT molecular complexity index is 532. The van der Waals surface area contributed by atoms with E-state index in [-0.39, 0.29) is 23.4 Å². The van der Waals surface area contributed by atoms with Gasteiger partial charge in [0, 0.05) is 13.0 Å². The van der Waals surface area contributed by atoms with Gasteiger partial charge in [-0.3, -0.25) is 0 Å². The monoisotopic (exact) mass is 286 g/mol. The number of hydrogen-bond acceptors (Lipinski definition) is 4. The molecule has 0 fully saturated rings. The van der Waals surface area contributed by atoms with E-state index in [1.54, 1.807) is 0 Å². The van der Waals surface area contributed by atoms with Crippen LogP contribution in [0.3, 0.4) is 0 Å². The lowest BCUT2D eigenvalue weighted by atomic mass is 10.1. The van der Waals surface area contributed by atoms with Gasteiger partial charge in [-0.05, 0) is 11.6 Å². The van der Waals surface area contributed by atoms with Gasteiger partial charge in [-0.1, -0.05) is 30.4 Å². The van der Waals surface area contributed by atoms with Crippen LogP contribution in [0.15, 0.2) is 24.3 Å². The summed E-state index contributed by atoms with van der Waals surface area (Å²) >= 11 is 4.58. The Hall–Kier alpha value is -1.18. The van der Waals surface area contributed by atoms with Crippen molar-refractivity contribution in [3.05, 3.63) is 29.8 Å². The molecule has 0 saturated heterocycles. The standard InChI is InChI=1S/C11H14N2O3S2/c12-11(17)7-18(14,15)13-6-9-5-8-3-1-2-4-10(8)16-9/h1-4,9,13H,5-7H2,(H2,12,17). The maximum atomic E-state index is 11.5. The van der Waals surface area contributed by atoms with Crippen LogP contribution in [0.2, 0.25) is 0 Å². The van der Waals surface area contributed by atoms with Crippen LogP contribution in [0.4, 0.5) is 0 Å². The molecule has 0 aliphatic carbocycles. The third-order valence-electron chi connectivity index (χ3n) is 2.58. The van der Waals surface area contributed by atoms with Crippen molar-refractivity contribution in [2.45, 2.75) is 12.5 Å². The zero-order valence-electron chi connectivity index (χ0n) is 9.63. The van der Waals surface area contributed by atoms with Crippen molar-refractivity contribution in [3.63, 3.8) is 0 Å². The predicted octanol–water partition coefficient (Wildman–Crippen LogP) is 0.196. The van der Waals surface area contributed by atoms with Gasteiger partial charge in [0.15, 0.2) is 0 Å². The molecular weight excluding hydrogens is 272 g/mol. The third kappa shape index (κ3) is 3.41. The number of nitrogens with one attached hydrogen (secondary N) is 1. The molecule has 2 rings (SSSR count). The zero-order valence-corrected chi connectivity index (χ0v) is 11.3. The first-order valence-electron chi connectivity index (χ1n) is 5.46. The fourth-order valence-electron chi connectivity index (χ4n) is 1.83. The molecule has 7 heteroatoms. The Morgan fingerprint density at radius 1 is 1.50 bits per heavy atom. The normalized spacial score (nSPS) is 18.1. The summed E-state index contributed by atoms with van der Waals surface area (Å²) in [5, 5.41) is 0. The second-order valence-electron chi connectivity index (χ2n) is 4.13. The molecule has 0 spiro atoms. The van der Waals surface area contributed by atoms with E-state index in [0.29, 0.717) is 6.42 Å². The summed E-state index contributed by atoms with van der Waals surface area (Å²) in [4.78, 5) is -0.0434. The van der Waals surface area contributed by atoms with Crippen molar-refractivity contribution in [2.75, 3.05) is 12.3 Å². The van der Waals surface area contributed by atoms with E-state index in [4.69, 9.17) is 10.5 Å². The molecule has 1 unspecified atom stereocenters. The topological polar surface area (TPSA) is 81.4 Å². The molecule has 18 heavy (non-hydrogen) atoms. The summed E-state index contributed by atoms with van der Waals surface area (Å²) in [6.45, 7) is 0.222. The Balaban J connectivity index is 1.89. The van der Waals surface area contributed by atoms with Gasteiger partial charge in [-0.15, -0.1) is 0 Å². The molecule has 1 aliphatic heterocycles. The molecule has 5 nitrogen and oxygen atoms in total. The first kappa shape index (κ1) is 13.3. The lowest BCUT2D eigenvalue weighted by Gasteiger charge is -2.11. The van der Waals surface area contributed by atoms with Crippen molar-refractivity contribution in [2.24, 2.45) is 5.73 Å². The van der Waals surface area contributed by atoms with Gasteiger partial charge in [0.05, 0.1) is 4.99 Å². The van der Waals surface area contributed by atoms with Crippen LogP contribution in [0.25, 0.3) is 0 Å². The average Bonchev–Trinajstić information content (AvgIpc) is 2.67. The summed E-state index contributed by atoms with van der Waals surface area (Å²) in [6, 6.07) is 7.66. The van der Waals surface area contributed by atoms with Crippen molar-refractivity contribution in [1.29, 1.82) is 0 Å². The molecule has 98 valence electrons. The molecule has 1 aromatic carbocycles. The van der Waals surface area contributed by atoms with Crippen LogP contribution in [0.1, 0.15) is 5.56 Å². The van der Waals surface area contributed by atoms with Gasteiger partial charge in [0.2, 0.25) is 10.0 Å². The number of benzene rings is 1. The molecule has 1 aliphatic rings. The molecule has 0 bridgehead atoms. The maximum absolute atomic E-state index is 11.5. The molecule has 3 N–H and O–H groups in total. The van der Waals surface area contributed by atoms with Crippen LogP contribution < -0.4 is 15.2 Å². The van der Waals surface area contributed by atoms with E-state index in [0.717, 1.165) is 11.3 Å². The zero-order chi connectivity index (χ0) is 13.2. The summed E-state index contributed by atoms with van der Waals surface area (Å²) in [5.74, 6) is 0.484. The summed E-state index contributed by atoms with van der Waals surface area (Å²) < 4.78 is 31.1. The van der Waals surface area contributed by atoms with Gasteiger partial charge >= 0.3 is 0 Å². The number of hydrogen-bond donors (Lipinski definition) is 2. The molecule has 0 aromatic heterocycles. The minimum Gasteiger partial charge on any atom is -0.488 e. The van der Waals surface area contributed by atoms with Gasteiger partial charge in [0.1, 0.15) is 17.6 Å². The number of sulfonamides is 1. The highest BCUT2D eigenvalue weighted by Crippen LogP contribution is 2.27. The lowest BCUT2D eigenvalue weighted by molar-refractivity contribution is 0.236. The third-order valence-corrected chi connectivity index (χ3v) is 4.20. The van der Waals surface area contributed by atoms with Crippen LogP contribution in [-0.4, -0.2) is 31.8 Å². The number of fused-ring (bicyclic) bond motifs is 1. The summed E-state index contributed by atoms with van der Waals surface area (Å²) in [7, 11) is -3.45. The predicted molar refractivity (Wildman–Crippen MR) is 73.1 cm³/mol. The highest BCUT2D eigenvalue weighted by molar-refractivity contribution is 7.92. The van der Waals surface area contributed by atoms with E-state index >= 15 is 0 Å². The van der Waals surface area contributed by atoms with Gasteiger partial charge < -0.3 is 10.5 Å². The van der Waals surface area contributed by atoms with Crippen molar-refractivity contribution >= 4 is 27.2 Å². The van der Waals surface area contributed by atoms with Crippen LogP contribution in [0.5, 0.6) is 5.75 Å². The van der Waals surface area contributed by atoms with Crippen molar-refractivity contribution < 1.29 is 13.2 Å². The van der Waals surface area contributed by atoms with E-state index in [2.05, 4.69) is 16.9 Å². The first-order valence-corrected chi connectivity index (χ1v) is 7.52. The molecule has 1 heterocycles. The minimum atomic E-state index is -3.45. The molecule has 0 saturated carbocycles. The number of para-hydroxylation sites is 1. The maximum Gasteiger partial charge on any atom is 0.218 e. The number of ether oxygens (including phenoxy) is 1. The second-order valence-corrected chi connectivity index (χ2v) is 6.46. The Morgan fingerprint density at radius 2 is 2.22 bits per heavy atom. The number of rotatable bonds is 5. The van der Waals surface area contributed by atoms with Gasteiger partial charge in [-0.25, -0.2) is 13.1 Å². The highest BCUT2D eigenvalue weighted by Gasteiger charge is 2.24. The van der Waals surface area contributed by atoms with Crippen molar-refractivity contribution in [3.8, 4) is 5.75 Å². The van der Waals surface area contributed by atoms with Crippen LogP contribution in [-0.2, 0) is 16.4 Å². The summed E-state index contributed by atoms with van der Waals surface area (Å²) in [5.41, 5.74) is 6.31. The number of thiocarbonyl (C=S) groups is 1. The lowest BCUT2D eigenvalue weighted by Crippen LogP contribution is -2.38. The van der Waals surface area contributed by atoms with E-state index in [1.807, 2.05) is 24.3 Å². The van der Waals surface area contributed by atoms with Gasteiger partial charge in [0.25, 0.3) is 0 Å². The average molecular weight is 286 g/mol. The quantitative estimate of drug-likeness (QED) is 0.756. The Morgan fingerprint density at radius 3 is 2.89 bits per heavy atom. The first-order chi connectivity index (χ1) is 8.46. The fourth-order valence-corrected chi connectivity index (χ4v) is 3.21. The second kappa shape index (κ2) is 5.21. The van der Waals surface area contributed by atoms with E-state index in [9.17, 15) is 8.42 Å². The SMILES string of the molecule is NC(=S)CS(=O)(=O)NCC1Cc2ccccc2O1. The smallest absolute Gasteiger partial charge is 0.218 e.